The van der Waals surface area contributed by atoms with E-state index >= 15 is 0 Å². The molecule has 0 radical (unpaired) electrons. The van der Waals surface area contributed by atoms with E-state index < -0.39 is 11.2 Å². The van der Waals surface area contributed by atoms with Gasteiger partial charge in [-0.1, -0.05) is 83.9 Å². The van der Waals surface area contributed by atoms with Crippen LogP contribution in [-0.2, 0) is 25.4 Å². The lowest BCUT2D eigenvalue weighted by Gasteiger charge is -2.35. The zero-order valence-electron chi connectivity index (χ0n) is 25.0. The van der Waals surface area contributed by atoms with Gasteiger partial charge in [-0.25, -0.2) is 19.9 Å². The van der Waals surface area contributed by atoms with Gasteiger partial charge in [0.1, 0.15) is 0 Å². The van der Waals surface area contributed by atoms with Crippen molar-refractivity contribution < 1.29 is 14.2 Å². The summed E-state index contributed by atoms with van der Waals surface area (Å²) >= 11 is 14.1. The largest absolute Gasteiger partial charge is 0.372 e. The second kappa shape index (κ2) is 13.6. The molecule has 0 bridgehead atoms. The molecule has 0 aliphatic heterocycles. The van der Waals surface area contributed by atoms with E-state index in [2.05, 4.69) is 44.2 Å². The van der Waals surface area contributed by atoms with Gasteiger partial charge in [-0.2, -0.15) is 0 Å². The molecule has 228 valence electrons. The first kappa shape index (κ1) is 31.0. The quantitative estimate of drug-likeness (QED) is 0.177. The number of methoxy groups -OCH3 is 2. The molecule has 7 nitrogen and oxygen atoms in total. The number of hydrogen-bond acceptors (Lipinski definition) is 7. The lowest BCUT2D eigenvalue weighted by molar-refractivity contribution is 0.0239. The van der Waals surface area contributed by atoms with Gasteiger partial charge in [0.2, 0.25) is 0 Å². The number of hydrogen-bond donors (Lipinski definition) is 0. The molecular formula is C36H32Cl2N4O3. The zero-order chi connectivity index (χ0) is 31.3. The number of rotatable bonds is 10. The lowest BCUT2D eigenvalue weighted by Crippen LogP contribution is -2.33. The van der Waals surface area contributed by atoms with Crippen LogP contribution in [0.1, 0.15) is 35.6 Å². The molecule has 0 amide bonds. The highest BCUT2D eigenvalue weighted by molar-refractivity contribution is 6.33. The van der Waals surface area contributed by atoms with Crippen molar-refractivity contribution in [3.05, 3.63) is 154 Å². The Morgan fingerprint density at radius 1 is 0.578 bits per heavy atom. The van der Waals surface area contributed by atoms with E-state index in [-0.39, 0.29) is 13.2 Å². The van der Waals surface area contributed by atoms with E-state index in [1.54, 1.807) is 51.1 Å². The number of halogens is 2. The second-order valence-electron chi connectivity index (χ2n) is 10.8. The molecule has 2 unspecified atom stereocenters. The molecule has 0 spiro atoms. The second-order valence-corrected chi connectivity index (χ2v) is 11.6. The minimum absolute atomic E-state index is 0.252. The summed E-state index contributed by atoms with van der Waals surface area (Å²) in [7, 11) is 3.30. The Morgan fingerprint density at radius 2 is 0.956 bits per heavy atom. The van der Waals surface area contributed by atoms with E-state index in [1.807, 2.05) is 48.6 Å². The maximum Gasteiger partial charge on any atom is 0.164 e. The normalized spacial score (nSPS) is 21.9. The predicted molar refractivity (Wildman–Crippen MR) is 176 cm³/mol. The van der Waals surface area contributed by atoms with E-state index in [4.69, 9.17) is 37.4 Å². The molecule has 0 saturated heterocycles. The van der Waals surface area contributed by atoms with Crippen molar-refractivity contribution in [1.29, 1.82) is 0 Å². The van der Waals surface area contributed by atoms with E-state index in [0.717, 1.165) is 33.4 Å². The summed E-state index contributed by atoms with van der Waals surface area (Å²) in [5.41, 5.74) is 3.93. The van der Waals surface area contributed by atoms with Crippen LogP contribution in [0.3, 0.4) is 0 Å². The third kappa shape index (κ3) is 6.27. The first-order chi connectivity index (χ1) is 22.0. The maximum absolute atomic E-state index is 7.05. The van der Waals surface area contributed by atoms with Crippen LogP contribution >= 0.6 is 23.2 Å². The van der Waals surface area contributed by atoms with Gasteiger partial charge < -0.3 is 14.2 Å². The minimum atomic E-state index is -0.922. The van der Waals surface area contributed by atoms with Crippen LogP contribution in [0.15, 0.2) is 131 Å². The van der Waals surface area contributed by atoms with Crippen LogP contribution in [0, 0.1) is 0 Å². The van der Waals surface area contributed by atoms with Crippen LogP contribution in [0.5, 0.6) is 0 Å². The van der Waals surface area contributed by atoms with Gasteiger partial charge in [0.25, 0.3) is 0 Å². The Kier molecular flexibility index (Phi) is 9.35. The Morgan fingerprint density at radius 3 is 1.31 bits per heavy atom. The van der Waals surface area contributed by atoms with Crippen LogP contribution in [-0.4, -0.2) is 47.4 Å². The summed E-state index contributed by atoms with van der Waals surface area (Å²) in [4.78, 5) is 18.0. The van der Waals surface area contributed by atoms with Crippen LogP contribution in [0.2, 0.25) is 0 Å². The minimum Gasteiger partial charge on any atom is -0.372 e. The highest BCUT2D eigenvalue weighted by Crippen LogP contribution is 2.46. The fraction of sp³-hybridized carbons (Fsp3) is 0.222. The van der Waals surface area contributed by atoms with Crippen molar-refractivity contribution in [3.8, 4) is 0 Å². The van der Waals surface area contributed by atoms with Crippen molar-refractivity contribution in [3.63, 3.8) is 0 Å². The number of benzene rings is 2. The van der Waals surface area contributed by atoms with Gasteiger partial charge >= 0.3 is 0 Å². The van der Waals surface area contributed by atoms with Crippen molar-refractivity contribution >= 4 is 34.3 Å². The first-order valence-electron chi connectivity index (χ1n) is 14.5. The predicted octanol–water partition coefficient (Wildman–Crippen LogP) is 7.63. The van der Waals surface area contributed by atoms with Gasteiger partial charge in [-0.05, 0) is 46.6 Å². The first-order valence-corrected chi connectivity index (χ1v) is 15.3. The summed E-state index contributed by atoms with van der Waals surface area (Å²) < 4.78 is 18.6. The average molecular weight is 640 g/mol. The molecule has 0 saturated carbocycles. The molecule has 9 heteroatoms. The van der Waals surface area contributed by atoms with Crippen molar-refractivity contribution in [2.75, 3.05) is 27.4 Å². The maximum atomic E-state index is 7.05. The van der Waals surface area contributed by atoms with E-state index in [0.29, 0.717) is 34.6 Å². The lowest BCUT2D eigenvalue weighted by atomic mass is 9.81. The third-order valence-corrected chi connectivity index (χ3v) is 8.93. The Labute approximate surface area is 272 Å². The summed E-state index contributed by atoms with van der Waals surface area (Å²) in [5, 5.41) is 1.05. The SMILES string of the molecule is COC1(c2ncccn2)C=C(Cl)C(COCC2=C(c3ccccc3)CC(OC)(c3ncccn3)C=C2Cl)=C(c2ccccc2)C1. The monoisotopic (exact) mass is 638 g/mol. The molecule has 6 rings (SSSR count). The molecule has 2 aromatic heterocycles. The van der Waals surface area contributed by atoms with Gasteiger partial charge in [-0.15, -0.1) is 0 Å². The average Bonchev–Trinajstić information content (AvgIpc) is 3.10. The Balaban J connectivity index is 1.34. The van der Waals surface area contributed by atoms with Gasteiger partial charge in [0.15, 0.2) is 22.9 Å². The zero-order valence-corrected chi connectivity index (χ0v) is 26.5. The third-order valence-electron chi connectivity index (χ3n) is 8.26. The molecule has 4 aromatic rings. The van der Waals surface area contributed by atoms with E-state index in [1.165, 1.54) is 0 Å². The highest BCUT2D eigenvalue weighted by atomic mass is 35.5. The van der Waals surface area contributed by atoms with Crippen molar-refractivity contribution in [1.82, 2.24) is 19.9 Å². The number of nitrogens with zero attached hydrogens (tertiary/aromatic N) is 4. The van der Waals surface area contributed by atoms with Crippen molar-refractivity contribution in [2.24, 2.45) is 0 Å². The van der Waals surface area contributed by atoms with Crippen LogP contribution in [0.4, 0.5) is 0 Å². The fourth-order valence-electron chi connectivity index (χ4n) is 5.88. The van der Waals surface area contributed by atoms with Gasteiger partial charge in [0, 0.05) is 73.1 Å². The standard InChI is InChI=1S/C36H32Cl2N4O3/c1-43-35(33-39-15-9-16-40-33)19-27(25-11-5-3-6-12-25)29(31(37)21-35)23-45-24-30-28(26-13-7-4-8-14-26)20-36(44-2,22-32(30)38)34-41-17-10-18-42-34/h3-18,21-22H,19-20,23-24H2,1-2H3. The van der Waals surface area contributed by atoms with E-state index in [9.17, 15) is 0 Å². The molecule has 2 heterocycles. The molecule has 2 aliphatic rings. The molecule has 2 aromatic carbocycles. The fourth-order valence-corrected chi connectivity index (χ4v) is 6.57. The summed E-state index contributed by atoms with van der Waals surface area (Å²) in [6.45, 7) is 0.504. The number of aromatic nitrogens is 4. The molecule has 45 heavy (non-hydrogen) atoms. The smallest absolute Gasteiger partial charge is 0.164 e. The molecule has 2 atom stereocenters. The van der Waals surface area contributed by atoms with Crippen LogP contribution < -0.4 is 0 Å². The van der Waals surface area contributed by atoms with Crippen molar-refractivity contribution in [2.45, 2.75) is 24.0 Å². The topological polar surface area (TPSA) is 79.3 Å². The molecule has 2 aliphatic carbocycles. The molecular weight excluding hydrogens is 607 g/mol. The van der Waals surface area contributed by atoms with Gasteiger partial charge in [-0.3, -0.25) is 0 Å². The van der Waals surface area contributed by atoms with Gasteiger partial charge in [0.05, 0.1) is 13.2 Å². The Hall–Kier alpha value is -3.98. The Bertz CT molecular complexity index is 1630. The summed E-state index contributed by atoms with van der Waals surface area (Å²) in [6, 6.07) is 23.8. The summed E-state index contributed by atoms with van der Waals surface area (Å²) in [6.07, 6.45) is 11.5. The number of ether oxygens (including phenoxy) is 3. The molecule has 0 N–H and O–H groups in total. The highest BCUT2D eigenvalue weighted by Gasteiger charge is 2.41. The molecule has 0 fully saturated rings. The van der Waals surface area contributed by atoms with Crippen LogP contribution in [0.25, 0.3) is 11.1 Å². The summed E-state index contributed by atoms with van der Waals surface area (Å²) in [5.74, 6) is 1.08.